The Hall–Kier alpha value is 0. The Morgan fingerprint density at radius 2 is 0.467 bits per heavy atom. The van der Waals surface area contributed by atoms with E-state index in [4.69, 9.17) is 0 Å². The second-order valence-electron chi connectivity index (χ2n) is 13.0. The van der Waals surface area contributed by atoms with Gasteiger partial charge in [0.2, 0.25) is 0 Å². The third-order valence-electron chi connectivity index (χ3n) is 9.89. The Kier molecular flexibility index (Phi) is 11.3. The molecular formula is C30H58. The van der Waals surface area contributed by atoms with E-state index in [0.29, 0.717) is 0 Å². The van der Waals surface area contributed by atoms with E-state index in [-0.39, 0.29) is 0 Å². The van der Waals surface area contributed by atoms with E-state index < -0.39 is 0 Å². The van der Waals surface area contributed by atoms with Gasteiger partial charge in [-0.25, -0.2) is 0 Å². The molecule has 0 heteroatoms. The van der Waals surface area contributed by atoms with Gasteiger partial charge in [-0.15, -0.1) is 0 Å². The molecule has 0 bridgehead atoms. The second-order valence-corrected chi connectivity index (χ2v) is 13.0. The van der Waals surface area contributed by atoms with Crippen molar-refractivity contribution in [3.05, 3.63) is 0 Å². The molecule has 0 heterocycles. The first-order valence-electron chi connectivity index (χ1n) is 14.2. The van der Waals surface area contributed by atoms with Gasteiger partial charge in [0, 0.05) is 0 Å². The summed E-state index contributed by atoms with van der Waals surface area (Å²) >= 11 is 0. The smallest absolute Gasteiger partial charge is 0.0386 e. The van der Waals surface area contributed by atoms with Crippen LogP contribution in [0.5, 0.6) is 0 Å². The SMILES string of the molecule is CC(C)C1CCC(C(C)C)CC1.CC(C)C1CCC(C2CCC(C(C)C)CC2)CC1. The molecule has 0 amide bonds. The summed E-state index contributed by atoms with van der Waals surface area (Å²) in [6.45, 7) is 19.2. The summed E-state index contributed by atoms with van der Waals surface area (Å²) in [5.74, 6) is 9.98. The average molecular weight is 419 g/mol. The molecule has 178 valence electrons. The molecule has 0 aromatic carbocycles. The van der Waals surface area contributed by atoms with Crippen molar-refractivity contribution in [3.63, 3.8) is 0 Å². The zero-order valence-corrected chi connectivity index (χ0v) is 22.3. The minimum absolute atomic E-state index is 0.915. The van der Waals surface area contributed by atoms with Crippen LogP contribution in [0, 0.1) is 59.2 Å². The van der Waals surface area contributed by atoms with E-state index in [1.54, 1.807) is 25.7 Å². The van der Waals surface area contributed by atoms with E-state index in [9.17, 15) is 0 Å². The Balaban J connectivity index is 0.000000232. The van der Waals surface area contributed by atoms with Crippen LogP contribution in [0.1, 0.15) is 132 Å². The van der Waals surface area contributed by atoms with Gasteiger partial charge in [0.25, 0.3) is 0 Å². The van der Waals surface area contributed by atoms with Crippen molar-refractivity contribution >= 4 is 0 Å². The fourth-order valence-electron chi connectivity index (χ4n) is 7.04. The summed E-state index contributed by atoms with van der Waals surface area (Å²) in [7, 11) is 0. The van der Waals surface area contributed by atoms with Gasteiger partial charge in [0.15, 0.2) is 0 Å². The Bertz CT molecular complexity index is 379. The van der Waals surface area contributed by atoms with Gasteiger partial charge in [-0.1, -0.05) is 55.4 Å². The van der Waals surface area contributed by atoms with Gasteiger partial charge in [0.1, 0.15) is 0 Å². The third-order valence-corrected chi connectivity index (χ3v) is 9.89. The molecule has 0 N–H and O–H groups in total. The van der Waals surface area contributed by atoms with Crippen LogP contribution in [0.25, 0.3) is 0 Å². The molecule has 3 rings (SSSR count). The lowest BCUT2D eigenvalue weighted by atomic mass is 9.66. The highest BCUT2D eigenvalue weighted by Gasteiger charge is 2.32. The van der Waals surface area contributed by atoms with Gasteiger partial charge in [-0.05, 0) is 136 Å². The van der Waals surface area contributed by atoms with Gasteiger partial charge >= 0.3 is 0 Å². The highest BCUT2D eigenvalue weighted by atomic mass is 14.4. The largest absolute Gasteiger partial charge is 0.0625 e. The van der Waals surface area contributed by atoms with Crippen LogP contribution in [0.2, 0.25) is 0 Å². The van der Waals surface area contributed by atoms with E-state index in [1.807, 2.05) is 0 Å². The molecule has 3 aliphatic rings. The Morgan fingerprint density at radius 3 is 0.633 bits per heavy atom. The maximum Gasteiger partial charge on any atom is -0.0386 e. The highest BCUT2D eigenvalue weighted by Crippen LogP contribution is 2.44. The lowest BCUT2D eigenvalue weighted by Gasteiger charge is -2.39. The van der Waals surface area contributed by atoms with Crippen molar-refractivity contribution in [1.29, 1.82) is 0 Å². The summed E-state index contributed by atoms with van der Waals surface area (Å²) < 4.78 is 0. The highest BCUT2D eigenvalue weighted by molar-refractivity contribution is 4.83. The standard InChI is InChI=1S/C18H34.C12H24/c1-13(2)15-5-9-17(10-6-15)18-11-7-16(8-12-18)14(3)4;1-9(2)11-5-7-12(8-6-11)10(3)4/h13-18H,5-12H2,1-4H3;9-12H,5-8H2,1-4H3. The molecule has 0 aromatic rings. The van der Waals surface area contributed by atoms with Gasteiger partial charge in [0.05, 0.1) is 0 Å². The first-order valence-corrected chi connectivity index (χ1v) is 14.2. The minimum atomic E-state index is 0.915. The zero-order valence-electron chi connectivity index (χ0n) is 22.3. The van der Waals surface area contributed by atoms with Crippen molar-refractivity contribution in [2.24, 2.45) is 59.2 Å². The molecule has 0 nitrogen and oxygen atoms in total. The normalized spacial score (nSPS) is 35.6. The van der Waals surface area contributed by atoms with Crippen molar-refractivity contribution in [2.75, 3.05) is 0 Å². The third kappa shape index (κ3) is 8.16. The van der Waals surface area contributed by atoms with Gasteiger partial charge in [-0.3, -0.25) is 0 Å². The lowest BCUT2D eigenvalue weighted by molar-refractivity contribution is 0.121. The van der Waals surface area contributed by atoms with Crippen molar-refractivity contribution in [1.82, 2.24) is 0 Å². The van der Waals surface area contributed by atoms with Crippen molar-refractivity contribution < 1.29 is 0 Å². The number of rotatable bonds is 5. The summed E-state index contributed by atoms with van der Waals surface area (Å²) in [5, 5.41) is 0. The maximum atomic E-state index is 2.42. The summed E-state index contributed by atoms with van der Waals surface area (Å²) in [4.78, 5) is 0. The first kappa shape index (κ1) is 26.3. The van der Waals surface area contributed by atoms with Gasteiger partial charge in [-0.2, -0.15) is 0 Å². The Morgan fingerprint density at radius 1 is 0.300 bits per heavy atom. The van der Waals surface area contributed by atoms with E-state index in [2.05, 4.69) is 55.4 Å². The molecule has 0 aliphatic heterocycles. The van der Waals surface area contributed by atoms with E-state index >= 15 is 0 Å². The zero-order chi connectivity index (χ0) is 22.3. The van der Waals surface area contributed by atoms with Crippen LogP contribution in [0.15, 0.2) is 0 Å². The average Bonchev–Trinajstić information content (AvgIpc) is 2.74. The molecule has 0 saturated heterocycles. The quantitative estimate of drug-likeness (QED) is 0.416. The molecule has 3 fully saturated rings. The monoisotopic (exact) mass is 418 g/mol. The molecule has 0 aromatic heterocycles. The van der Waals surface area contributed by atoms with Crippen molar-refractivity contribution in [2.45, 2.75) is 132 Å². The predicted octanol–water partition coefficient (Wildman–Crippen LogP) is 10.0. The first-order chi connectivity index (χ1) is 14.2. The summed E-state index contributed by atoms with van der Waals surface area (Å²) in [6.07, 6.45) is 18.2. The topological polar surface area (TPSA) is 0 Å². The maximum absolute atomic E-state index is 2.42. The molecule has 0 atom stereocenters. The summed E-state index contributed by atoms with van der Waals surface area (Å²) in [5.41, 5.74) is 0. The predicted molar refractivity (Wildman–Crippen MR) is 136 cm³/mol. The van der Waals surface area contributed by atoms with Crippen LogP contribution in [0.3, 0.4) is 0 Å². The van der Waals surface area contributed by atoms with Crippen molar-refractivity contribution in [3.8, 4) is 0 Å². The molecule has 3 saturated carbocycles. The van der Waals surface area contributed by atoms with Crippen LogP contribution in [-0.2, 0) is 0 Å². The fraction of sp³-hybridized carbons (Fsp3) is 1.00. The molecule has 3 aliphatic carbocycles. The lowest BCUT2D eigenvalue weighted by Crippen LogP contribution is -2.28. The van der Waals surface area contributed by atoms with Crippen LogP contribution >= 0.6 is 0 Å². The van der Waals surface area contributed by atoms with Crippen LogP contribution in [0.4, 0.5) is 0 Å². The number of hydrogen-bond donors (Lipinski definition) is 0. The minimum Gasteiger partial charge on any atom is -0.0625 e. The fourth-order valence-corrected chi connectivity index (χ4v) is 7.04. The van der Waals surface area contributed by atoms with Crippen LogP contribution in [-0.4, -0.2) is 0 Å². The molecule has 30 heavy (non-hydrogen) atoms. The van der Waals surface area contributed by atoms with Crippen LogP contribution < -0.4 is 0 Å². The molecule has 0 radical (unpaired) electrons. The number of hydrogen-bond acceptors (Lipinski definition) is 0. The Labute approximate surface area is 191 Å². The second kappa shape index (κ2) is 12.9. The van der Waals surface area contributed by atoms with Gasteiger partial charge < -0.3 is 0 Å². The molecule has 0 unspecified atom stereocenters. The summed E-state index contributed by atoms with van der Waals surface area (Å²) in [6, 6.07) is 0. The molecular weight excluding hydrogens is 360 g/mol. The van der Waals surface area contributed by atoms with E-state index in [1.165, 1.54) is 51.4 Å². The molecule has 0 spiro atoms. The van der Waals surface area contributed by atoms with E-state index in [0.717, 1.165) is 59.2 Å².